The zero-order valence-electron chi connectivity index (χ0n) is 11.2. The molecule has 0 fully saturated rings. The lowest BCUT2D eigenvalue weighted by Crippen LogP contribution is -2.12. The number of aliphatic hydroxyl groups is 1. The first-order valence-corrected chi connectivity index (χ1v) is 6.51. The fraction of sp³-hybridized carbons (Fsp3) is 0.267. The molecule has 2 N–H and O–H groups in total. The normalized spacial score (nSPS) is 25.9. The molecular weight excluding hydrogens is 275 g/mol. The average molecular weight is 290 g/mol. The summed E-state index contributed by atoms with van der Waals surface area (Å²) in [6.07, 6.45) is 11.7. The minimum atomic E-state index is -0.848. The van der Waals surface area contributed by atoms with E-state index in [-0.39, 0.29) is 11.7 Å². The maximum Gasteiger partial charge on any atom is 0.310 e. The topological polar surface area (TPSA) is 82.2 Å². The van der Waals surface area contributed by atoms with Gasteiger partial charge in [0, 0.05) is 12.1 Å². The van der Waals surface area contributed by atoms with Gasteiger partial charge in [0.15, 0.2) is 5.83 Å². The highest BCUT2D eigenvalue weighted by molar-refractivity contribution is 5.84. The standard InChI is InChI=1S/C15H15FN2O3/c16-13-7-11(3-6-14(13)19)9-18-17-8-10-1-4-12(5-2-10)15(20)21/h1-2,4,6-9,11-12,19H,3,5H2,(H,20,21)/b17-8+,18-9+. The van der Waals surface area contributed by atoms with Crippen LogP contribution in [0, 0.1) is 11.8 Å². The zero-order chi connectivity index (χ0) is 15.2. The van der Waals surface area contributed by atoms with Crippen LogP contribution in [-0.2, 0) is 4.79 Å². The molecule has 0 spiro atoms. The van der Waals surface area contributed by atoms with E-state index in [2.05, 4.69) is 10.2 Å². The van der Waals surface area contributed by atoms with E-state index in [0.717, 1.165) is 5.57 Å². The van der Waals surface area contributed by atoms with E-state index in [0.29, 0.717) is 12.8 Å². The van der Waals surface area contributed by atoms with Crippen LogP contribution >= 0.6 is 0 Å². The smallest absolute Gasteiger partial charge is 0.310 e. The summed E-state index contributed by atoms with van der Waals surface area (Å²) in [5.41, 5.74) is 0.785. The van der Waals surface area contributed by atoms with Crippen molar-refractivity contribution in [3.63, 3.8) is 0 Å². The van der Waals surface area contributed by atoms with Crippen molar-refractivity contribution in [3.05, 3.63) is 47.5 Å². The van der Waals surface area contributed by atoms with E-state index in [9.17, 15) is 9.18 Å². The van der Waals surface area contributed by atoms with Gasteiger partial charge in [-0.2, -0.15) is 10.2 Å². The first kappa shape index (κ1) is 14.9. The molecule has 6 heteroatoms. The molecule has 0 aromatic carbocycles. The average Bonchev–Trinajstić information content (AvgIpc) is 2.47. The summed E-state index contributed by atoms with van der Waals surface area (Å²) < 4.78 is 13.1. The number of carbonyl (C=O) groups is 1. The number of aliphatic hydroxyl groups excluding tert-OH is 1. The molecule has 0 radical (unpaired) electrons. The Hall–Kier alpha value is -2.50. The van der Waals surface area contributed by atoms with Crippen molar-refractivity contribution in [2.24, 2.45) is 22.0 Å². The first-order chi connectivity index (χ1) is 10.1. The highest BCUT2D eigenvalue weighted by atomic mass is 19.1. The van der Waals surface area contributed by atoms with Gasteiger partial charge in [0.1, 0.15) is 5.76 Å². The molecule has 0 aromatic rings. The molecule has 0 saturated carbocycles. The van der Waals surface area contributed by atoms with Crippen LogP contribution in [0.3, 0.4) is 0 Å². The quantitative estimate of drug-likeness (QED) is 0.617. The van der Waals surface area contributed by atoms with Crippen LogP contribution in [0.1, 0.15) is 12.8 Å². The molecule has 0 bridgehead atoms. The highest BCUT2D eigenvalue weighted by Gasteiger charge is 2.15. The Balaban J connectivity index is 1.86. The number of carboxylic acids is 1. The molecule has 5 nitrogen and oxygen atoms in total. The highest BCUT2D eigenvalue weighted by Crippen LogP contribution is 2.21. The van der Waals surface area contributed by atoms with E-state index >= 15 is 0 Å². The summed E-state index contributed by atoms with van der Waals surface area (Å²) in [6, 6.07) is 0. The summed E-state index contributed by atoms with van der Waals surface area (Å²) in [5.74, 6) is -2.56. The van der Waals surface area contributed by atoms with Gasteiger partial charge in [-0.1, -0.05) is 18.2 Å². The van der Waals surface area contributed by atoms with Crippen molar-refractivity contribution in [3.8, 4) is 0 Å². The minimum absolute atomic E-state index is 0.231. The summed E-state index contributed by atoms with van der Waals surface area (Å²) in [5, 5.41) is 25.6. The molecule has 2 aliphatic carbocycles. The SMILES string of the molecule is O=C(O)C1C=CC(/C=N/N=C/C2C=C(F)C(O)=CC2)=CC1. The van der Waals surface area contributed by atoms with Gasteiger partial charge in [0.05, 0.1) is 12.1 Å². The van der Waals surface area contributed by atoms with Gasteiger partial charge in [0.25, 0.3) is 0 Å². The number of halogens is 1. The van der Waals surface area contributed by atoms with Gasteiger partial charge in [0.2, 0.25) is 0 Å². The maximum atomic E-state index is 13.1. The van der Waals surface area contributed by atoms with Crippen LogP contribution in [0.25, 0.3) is 0 Å². The largest absolute Gasteiger partial charge is 0.505 e. The van der Waals surface area contributed by atoms with Gasteiger partial charge in [-0.15, -0.1) is 0 Å². The first-order valence-electron chi connectivity index (χ1n) is 6.51. The van der Waals surface area contributed by atoms with Crippen molar-refractivity contribution in [1.29, 1.82) is 0 Å². The second-order valence-corrected chi connectivity index (χ2v) is 4.76. The number of hydrogen-bond donors (Lipinski definition) is 2. The Morgan fingerprint density at radius 2 is 2.14 bits per heavy atom. The molecule has 2 aliphatic rings. The van der Waals surface area contributed by atoms with Crippen molar-refractivity contribution in [2.75, 3.05) is 0 Å². The fourth-order valence-corrected chi connectivity index (χ4v) is 1.93. The summed E-state index contributed by atoms with van der Waals surface area (Å²) in [6.45, 7) is 0. The molecule has 0 saturated heterocycles. The van der Waals surface area contributed by atoms with Crippen LogP contribution in [0.5, 0.6) is 0 Å². The second-order valence-electron chi connectivity index (χ2n) is 4.76. The number of allylic oxidation sites excluding steroid dienone is 6. The van der Waals surface area contributed by atoms with Gasteiger partial charge in [-0.05, 0) is 30.6 Å². The summed E-state index contributed by atoms with van der Waals surface area (Å²) >= 11 is 0. The van der Waals surface area contributed by atoms with Crippen LogP contribution < -0.4 is 0 Å². The van der Waals surface area contributed by atoms with Crippen molar-refractivity contribution in [2.45, 2.75) is 12.8 Å². The number of nitrogens with zero attached hydrogens (tertiary/aromatic N) is 2. The Morgan fingerprint density at radius 3 is 2.76 bits per heavy atom. The van der Waals surface area contributed by atoms with Gasteiger partial charge >= 0.3 is 5.97 Å². The molecule has 2 rings (SSSR count). The molecular formula is C15H15FN2O3. The maximum absolute atomic E-state index is 13.1. The third kappa shape index (κ3) is 4.24. The van der Waals surface area contributed by atoms with Gasteiger partial charge in [-0.3, -0.25) is 4.79 Å². The van der Waals surface area contributed by atoms with Crippen LogP contribution in [0.2, 0.25) is 0 Å². The van der Waals surface area contributed by atoms with Crippen molar-refractivity contribution in [1.82, 2.24) is 0 Å². The lowest BCUT2D eigenvalue weighted by atomic mass is 9.97. The Morgan fingerprint density at radius 1 is 1.33 bits per heavy atom. The molecule has 0 heterocycles. The summed E-state index contributed by atoms with van der Waals surface area (Å²) in [7, 11) is 0. The Kier molecular flexibility index (Phi) is 4.81. The van der Waals surface area contributed by atoms with Crippen molar-refractivity contribution < 1.29 is 19.4 Å². The monoisotopic (exact) mass is 290 g/mol. The van der Waals surface area contributed by atoms with E-state index in [1.54, 1.807) is 18.2 Å². The Labute approximate surface area is 121 Å². The Bertz CT molecular complexity index is 600. The minimum Gasteiger partial charge on any atom is -0.505 e. The van der Waals surface area contributed by atoms with Crippen LogP contribution in [0.15, 0.2) is 57.7 Å². The molecule has 0 aliphatic heterocycles. The van der Waals surface area contributed by atoms with E-state index < -0.39 is 17.7 Å². The third-order valence-corrected chi connectivity index (χ3v) is 3.17. The predicted octanol–water partition coefficient (Wildman–Crippen LogP) is 2.95. The summed E-state index contributed by atoms with van der Waals surface area (Å²) in [4.78, 5) is 10.7. The van der Waals surface area contributed by atoms with E-state index in [1.807, 2.05) is 0 Å². The molecule has 0 aromatic heterocycles. The molecule has 110 valence electrons. The molecule has 21 heavy (non-hydrogen) atoms. The number of aliphatic carboxylic acids is 1. The van der Waals surface area contributed by atoms with Gasteiger partial charge in [-0.25, -0.2) is 4.39 Å². The van der Waals surface area contributed by atoms with Crippen LogP contribution in [0.4, 0.5) is 4.39 Å². The number of carboxylic acid groups (broad SMARTS) is 1. The van der Waals surface area contributed by atoms with Crippen LogP contribution in [-0.4, -0.2) is 28.6 Å². The lowest BCUT2D eigenvalue weighted by Gasteiger charge is -2.09. The molecule has 2 unspecified atom stereocenters. The number of hydrogen-bond acceptors (Lipinski definition) is 4. The van der Waals surface area contributed by atoms with Crippen molar-refractivity contribution >= 4 is 18.4 Å². The fourth-order valence-electron chi connectivity index (χ4n) is 1.93. The zero-order valence-corrected chi connectivity index (χ0v) is 11.2. The second kappa shape index (κ2) is 6.78. The number of rotatable bonds is 4. The lowest BCUT2D eigenvalue weighted by molar-refractivity contribution is -0.139. The van der Waals surface area contributed by atoms with E-state index in [1.165, 1.54) is 24.6 Å². The molecule has 2 atom stereocenters. The third-order valence-electron chi connectivity index (χ3n) is 3.17. The predicted molar refractivity (Wildman–Crippen MR) is 78.0 cm³/mol. The molecule has 0 amide bonds. The van der Waals surface area contributed by atoms with Gasteiger partial charge < -0.3 is 10.2 Å². The van der Waals surface area contributed by atoms with E-state index in [4.69, 9.17) is 10.2 Å².